The standard InChI is InChI=1S/C13H22N2O/c1-11(2)5-8-16-9-6-13(14)12-4-3-7-15-10-12/h3-4,7,10-11,13H,5-6,8-9,14H2,1-2H3. The minimum absolute atomic E-state index is 0.0350. The van der Waals surface area contributed by atoms with Gasteiger partial charge in [-0.05, 0) is 30.4 Å². The average Bonchev–Trinajstić information content (AvgIpc) is 2.29. The Bertz CT molecular complexity index is 275. The molecule has 0 bridgehead atoms. The van der Waals surface area contributed by atoms with Crippen molar-refractivity contribution < 1.29 is 4.74 Å². The van der Waals surface area contributed by atoms with E-state index >= 15 is 0 Å². The highest BCUT2D eigenvalue weighted by Gasteiger charge is 2.05. The molecule has 3 nitrogen and oxygen atoms in total. The van der Waals surface area contributed by atoms with Crippen LogP contribution >= 0.6 is 0 Å². The van der Waals surface area contributed by atoms with E-state index in [9.17, 15) is 0 Å². The first kappa shape index (κ1) is 13.1. The predicted molar refractivity (Wildman–Crippen MR) is 66.1 cm³/mol. The molecule has 0 aliphatic heterocycles. The lowest BCUT2D eigenvalue weighted by atomic mass is 10.1. The van der Waals surface area contributed by atoms with Crippen LogP contribution in [0.15, 0.2) is 24.5 Å². The molecule has 3 heteroatoms. The molecule has 1 heterocycles. The van der Waals surface area contributed by atoms with Crippen LogP contribution in [-0.2, 0) is 4.74 Å². The van der Waals surface area contributed by atoms with E-state index in [1.165, 1.54) is 0 Å². The van der Waals surface area contributed by atoms with E-state index in [0.29, 0.717) is 5.92 Å². The van der Waals surface area contributed by atoms with Crippen molar-refractivity contribution in [1.29, 1.82) is 0 Å². The summed E-state index contributed by atoms with van der Waals surface area (Å²) >= 11 is 0. The Morgan fingerprint density at radius 2 is 2.06 bits per heavy atom. The van der Waals surface area contributed by atoms with Gasteiger partial charge in [-0.25, -0.2) is 0 Å². The molecule has 0 saturated heterocycles. The van der Waals surface area contributed by atoms with Crippen molar-refractivity contribution in [3.63, 3.8) is 0 Å². The van der Waals surface area contributed by atoms with E-state index in [1.807, 2.05) is 18.3 Å². The summed E-state index contributed by atoms with van der Waals surface area (Å²) in [6.07, 6.45) is 5.54. The molecule has 1 rings (SSSR count). The van der Waals surface area contributed by atoms with Gasteiger partial charge in [-0.3, -0.25) is 4.98 Å². The molecule has 0 aliphatic rings. The molecule has 2 N–H and O–H groups in total. The molecular weight excluding hydrogens is 200 g/mol. The molecule has 0 amide bonds. The first-order valence-electron chi connectivity index (χ1n) is 5.93. The zero-order chi connectivity index (χ0) is 11.8. The van der Waals surface area contributed by atoms with Gasteiger partial charge in [0.15, 0.2) is 0 Å². The Morgan fingerprint density at radius 3 is 2.69 bits per heavy atom. The van der Waals surface area contributed by atoms with Crippen molar-refractivity contribution in [3.8, 4) is 0 Å². The number of aromatic nitrogens is 1. The fraction of sp³-hybridized carbons (Fsp3) is 0.615. The SMILES string of the molecule is CC(C)CCOCCC(N)c1cccnc1. The topological polar surface area (TPSA) is 48.1 Å². The van der Waals surface area contributed by atoms with E-state index in [-0.39, 0.29) is 6.04 Å². The summed E-state index contributed by atoms with van der Waals surface area (Å²) in [4.78, 5) is 4.05. The quantitative estimate of drug-likeness (QED) is 0.721. The number of hydrogen-bond donors (Lipinski definition) is 1. The monoisotopic (exact) mass is 222 g/mol. The third kappa shape index (κ3) is 5.24. The summed E-state index contributed by atoms with van der Waals surface area (Å²) in [6.45, 7) is 5.95. The molecule has 0 aliphatic carbocycles. The fourth-order valence-electron chi connectivity index (χ4n) is 1.39. The zero-order valence-electron chi connectivity index (χ0n) is 10.2. The second-order valence-corrected chi connectivity index (χ2v) is 4.48. The maximum atomic E-state index is 6.02. The van der Waals surface area contributed by atoms with Crippen LogP contribution in [0.25, 0.3) is 0 Å². The van der Waals surface area contributed by atoms with Crippen LogP contribution in [-0.4, -0.2) is 18.2 Å². The lowest BCUT2D eigenvalue weighted by Gasteiger charge is -2.12. The highest BCUT2D eigenvalue weighted by Crippen LogP contribution is 2.12. The van der Waals surface area contributed by atoms with Crippen LogP contribution in [0.3, 0.4) is 0 Å². The number of nitrogens with two attached hydrogens (primary N) is 1. The van der Waals surface area contributed by atoms with Gasteiger partial charge in [0.25, 0.3) is 0 Å². The van der Waals surface area contributed by atoms with Crippen molar-refractivity contribution in [2.45, 2.75) is 32.7 Å². The van der Waals surface area contributed by atoms with E-state index in [2.05, 4.69) is 18.8 Å². The predicted octanol–water partition coefficient (Wildman–Crippen LogP) is 2.53. The zero-order valence-corrected chi connectivity index (χ0v) is 10.2. The highest BCUT2D eigenvalue weighted by atomic mass is 16.5. The number of hydrogen-bond acceptors (Lipinski definition) is 3. The largest absolute Gasteiger partial charge is 0.381 e. The molecule has 16 heavy (non-hydrogen) atoms. The summed E-state index contributed by atoms with van der Waals surface area (Å²) in [7, 11) is 0. The Hall–Kier alpha value is -0.930. The van der Waals surface area contributed by atoms with Gasteiger partial charge in [0, 0.05) is 31.6 Å². The minimum Gasteiger partial charge on any atom is -0.381 e. The number of ether oxygens (including phenoxy) is 1. The van der Waals surface area contributed by atoms with Gasteiger partial charge >= 0.3 is 0 Å². The summed E-state index contributed by atoms with van der Waals surface area (Å²) < 4.78 is 5.54. The molecular formula is C13H22N2O. The van der Waals surface area contributed by atoms with Crippen LogP contribution in [0.2, 0.25) is 0 Å². The fourth-order valence-corrected chi connectivity index (χ4v) is 1.39. The third-order valence-corrected chi connectivity index (χ3v) is 2.53. The Balaban J connectivity index is 2.14. The van der Waals surface area contributed by atoms with E-state index < -0.39 is 0 Å². The molecule has 0 saturated carbocycles. The normalized spacial score (nSPS) is 13.0. The molecule has 0 spiro atoms. The van der Waals surface area contributed by atoms with Crippen molar-refractivity contribution in [2.24, 2.45) is 11.7 Å². The summed E-state index contributed by atoms with van der Waals surface area (Å²) in [5, 5.41) is 0. The highest BCUT2D eigenvalue weighted by molar-refractivity contribution is 5.12. The van der Waals surface area contributed by atoms with Gasteiger partial charge in [-0.15, -0.1) is 0 Å². The Kier molecular flexibility index (Phi) is 6.04. The van der Waals surface area contributed by atoms with E-state index in [0.717, 1.165) is 31.6 Å². The first-order chi connectivity index (χ1) is 7.70. The number of pyridine rings is 1. The van der Waals surface area contributed by atoms with Crippen molar-refractivity contribution in [2.75, 3.05) is 13.2 Å². The summed E-state index contributed by atoms with van der Waals surface area (Å²) in [5.74, 6) is 0.701. The van der Waals surface area contributed by atoms with Gasteiger partial charge in [-0.2, -0.15) is 0 Å². The second kappa shape index (κ2) is 7.36. The van der Waals surface area contributed by atoms with E-state index in [1.54, 1.807) is 6.20 Å². The molecule has 0 radical (unpaired) electrons. The molecule has 1 atom stereocenters. The maximum Gasteiger partial charge on any atom is 0.0484 e. The van der Waals surface area contributed by atoms with Gasteiger partial charge in [0.1, 0.15) is 0 Å². The van der Waals surface area contributed by atoms with Crippen molar-refractivity contribution in [3.05, 3.63) is 30.1 Å². The third-order valence-electron chi connectivity index (χ3n) is 2.53. The summed E-state index contributed by atoms with van der Waals surface area (Å²) in [6, 6.07) is 3.95. The van der Waals surface area contributed by atoms with Crippen LogP contribution in [0.1, 0.15) is 38.3 Å². The minimum atomic E-state index is 0.0350. The lowest BCUT2D eigenvalue weighted by molar-refractivity contribution is 0.117. The van der Waals surface area contributed by atoms with Crippen molar-refractivity contribution in [1.82, 2.24) is 4.98 Å². The second-order valence-electron chi connectivity index (χ2n) is 4.48. The smallest absolute Gasteiger partial charge is 0.0484 e. The van der Waals surface area contributed by atoms with Gasteiger partial charge in [-0.1, -0.05) is 19.9 Å². The van der Waals surface area contributed by atoms with E-state index in [4.69, 9.17) is 10.5 Å². The first-order valence-corrected chi connectivity index (χ1v) is 5.93. The average molecular weight is 222 g/mol. The van der Waals surface area contributed by atoms with Crippen LogP contribution in [0.5, 0.6) is 0 Å². The number of rotatable bonds is 7. The van der Waals surface area contributed by atoms with Crippen LogP contribution in [0, 0.1) is 5.92 Å². The van der Waals surface area contributed by atoms with Gasteiger partial charge in [0.2, 0.25) is 0 Å². The summed E-state index contributed by atoms with van der Waals surface area (Å²) in [5.41, 5.74) is 7.10. The number of nitrogens with zero attached hydrogens (tertiary/aromatic N) is 1. The molecule has 1 aromatic heterocycles. The van der Waals surface area contributed by atoms with Crippen LogP contribution < -0.4 is 5.73 Å². The van der Waals surface area contributed by atoms with Crippen LogP contribution in [0.4, 0.5) is 0 Å². The molecule has 1 unspecified atom stereocenters. The molecule has 90 valence electrons. The molecule has 0 aromatic carbocycles. The van der Waals surface area contributed by atoms with Crippen molar-refractivity contribution >= 4 is 0 Å². The van der Waals surface area contributed by atoms with Gasteiger partial charge in [0.05, 0.1) is 0 Å². The molecule has 1 aromatic rings. The maximum absolute atomic E-state index is 6.02. The lowest BCUT2D eigenvalue weighted by Crippen LogP contribution is -2.13. The van der Waals surface area contributed by atoms with Gasteiger partial charge < -0.3 is 10.5 Å². The Morgan fingerprint density at radius 1 is 1.31 bits per heavy atom. The Labute approximate surface area is 98.0 Å². The molecule has 0 fully saturated rings.